The minimum Gasteiger partial charge on any atom is -0.327 e. The normalized spacial score (nSPS) is 19.9. The Kier molecular flexibility index (Phi) is 5.50. The van der Waals surface area contributed by atoms with Crippen molar-refractivity contribution in [3.63, 3.8) is 0 Å². The smallest absolute Gasteiger partial charge is 0.269 e. The van der Waals surface area contributed by atoms with Crippen molar-refractivity contribution in [2.75, 3.05) is 12.8 Å². The minimum atomic E-state index is -3.78. The van der Waals surface area contributed by atoms with E-state index in [9.17, 15) is 16.8 Å². The first kappa shape index (κ1) is 22.1. The Morgan fingerprint density at radius 1 is 1.00 bits per heavy atom. The second kappa shape index (κ2) is 8.23. The number of imidazole rings is 1. The third kappa shape index (κ3) is 3.94. The summed E-state index contributed by atoms with van der Waals surface area (Å²) in [6.45, 7) is 0. The van der Waals surface area contributed by atoms with Crippen LogP contribution < -0.4 is 4.72 Å². The third-order valence-electron chi connectivity index (χ3n) is 6.49. The predicted molar refractivity (Wildman–Crippen MR) is 126 cm³/mol. The van der Waals surface area contributed by atoms with E-state index in [1.807, 2.05) is 0 Å². The Morgan fingerprint density at radius 3 is 2.42 bits per heavy atom. The molecule has 174 valence electrons. The first-order chi connectivity index (χ1) is 15.8. The number of nitrogens with zero attached hydrogens (tertiary/aromatic N) is 4. The van der Waals surface area contributed by atoms with Crippen LogP contribution in [-0.4, -0.2) is 48.1 Å². The van der Waals surface area contributed by atoms with Gasteiger partial charge in [-0.05, 0) is 56.8 Å². The Bertz CT molecular complexity index is 1520. The van der Waals surface area contributed by atoms with E-state index in [1.54, 1.807) is 48.9 Å². The largest absolute Gasteiger partial charge is 0.327 e. The van der Waals surface area contributed by atoms with Gasteiger partial charge in [0.25, 0.3) is 10.0 Å². The van der Waals surface area contributed by atoms with Gasteiger partial charge in [0.2, 0.25) is 10.0 Å². The molecule has 0 atom stereocenters. The van der Waals surface area contributed by atoms with Crippen LogP contribution in [0.1, 0.15) is 31.7 Å². The zero-order chi connectivity index (χ0) is 23.2. The lowest BCUT2D eigenvalue weighted by molar-refractivity contribution is 0.294. The molecular formula is C22H25N5O4S2. The molecule has 0 saturated heterocycles. The van der Waals surface area contributed by atoms with Gasteiger partial charge in [-0.1, -0.05) is 18.2 Å². The molecule has 0 unspecified atom stereocenters. The number of fused-ring (bicyclic) bond motifs is 3. The summed E-state index contributed by atoms with van der Waals surface area (Å²) in [6, 6.07) is 10.2. The summed E-state index contributed by atoms with van der Waals surface area (Å²) >= 11 is 0. The van der Waals surface area contributed by atoms with E-state index in [1.165, 1.54) is 17.2 Å². The van der Waals surface area contributed by atoms with E-state index < -0.39 is 20.0 Å². The Balaban J connectivity index is 1.50. The van der Waals surface area contributed by atoms with Crippen molar-refractivity contribution in [3.8, 4) is 0 Å². The highest BCUT2D eigenvalue weighted by atomic mass is 32.2. The molecule has 1 saturated carbocycles. The van der Waals surface area contributed by atoms with Crippen LogP contribution in [0.25, 0.3) is 22.1 Å². The van der Waals surface area contributed by atoms with Crippen molar-refractivity contribution in [3.05, 3.63) is 55.1 Å². The number of sulfonamides is 1. The van der Waals surface area contributed by atoms with Crippen LogP contribution in [0.4, 0.5) is 0 Å². The van der Waals surface area contributed by atoms with Gasteiger partial charge in [0.15, 0.2) is 5.65 Å². The van der Waals surface area contributed by atoms with Crippen molar-refractivity contribution in [2.24, 2.45) is 5.92 Å². The van der Waals surface area contributed by atoms with E-state index in [-0.39, 0.29) is 22.6 Å². The second-order valence-corrected chi connectivity index (χ2v) is 12.3. The van der Waals surface area contributed by atoms with E-state index in [2.05, 4.69) is 19.3 Å². The molecule has 1 aliphatic rings. The Hall–Kier alpha value is -2.76. The van der Waals surface area contributed by atoms with Crippen LogP contribution in [-0.2, 0) is 20.0 Å². The van der Waals surface area contributed by atoms with Crippen LogP contribution in [0, 0.1) is 5.92 Å². The molecule has 0 radical (unpaired) electrons. The van der Waals surface area contributed by atoms with E-state index >= 15 is 0 Å². The molecule has 3 heterocycles. The fraction of sp³-hybridized carbons (Fsp3) is 0.364. The van der Waals surface area contributed by atoms with Gasteiger partial charge in [-0.2, -0.15) is 0 Å². The lowest BCUT2D eigenvalue weighted by atomic mass is 9.87. The highest BCUT2D eigenvalue weighted by Crippen LogP contribution is 2.36. The maximum atomic E-state index is 13.2. The van der Waals surface area contributed by atoms with Crippen LogP contribution in [0.2, 0.25) is 0 Å². The summed E-state index contributed by atoms with van der Waals surface area (Å²) in [5.74, 6) is 0.280. The topological polar surface area (TPSA) is 116 Å². The number of pyridine rings is 1. The number of aromatic nitrogens is 4. The first-order valence-electron chi connectivity index (χ1n) is 10.8. The number of nitrogens with one attached hydrogen (secondary N) is 1. The zero-order valence-electron chi connectivity index (χ0n) is 18.1. The van der Waals surface area contributed by atoms with Gasteiger partial charge in [0.1, 0.15) is 5.52 Å². The Morgan fingerprint density at radius 2 is 1.73 bits per heavy atom. The van der Waals surface area contributed by atoms with Crippen LogP contribution in [0.15, 0.2) is 60.0 Å². The molecule has 3 aromatic heterocycles. The quantitative estimate of drug-likeness (QED) is 0.447. The molecule has 0 bridgehead atoms. The predicted octanol–water partition coefficient (Wildman–Crippen LogP) is 2.90. The van der Waals surface area contributed by atoms with Gasteiger partial charge in [0.05, 0.1) is 28.7 Å². The summed E-state index contributed by atoms with van der Waals surface area (Å²) in [5, 5.41) is 0.726. The van der Waals surface area contributed by atoms with Crippen LogP contribution >= 0.6 is 0 Å². The summed E-state index contributed by atoms with van der Waals surface area (Å²) in [6.07, 6.45) is 8.22. The lowest BCUT2D eigenvalue weighted by Crippen LogP contribution is -2.29. The zero-order valence-corrected chi connectivity index (χ0v) is 19.8. The molecule has 5 rings (SSSR count). The summed E-state index contributed by atoms with van der Waals surface area (Å²) in [4.78, 5) is 9.12. The first-order valence-corrected chi connectivity index (χ1v) is 13.9. The minimum absolute atomic E-state index is 0.132. The van der Waals surface area contributed by atoms with Gasteiger partial charge in [-0.3, -0.25) is 0 Å². The fourth-order valence-corrected chi connectivity index (χ4v) is 7.19. The van der Waals surface area contributed by atoms with Crippen molar-refractivity contribution in [1.29, 1.82) is 0 Å². The summed E-state index contributed by atoms with van der Waals surface area (Å²) < 4.78 is 55.9. The van der Waals surface area contributed by atoms with Gasteiger partial charge < -0.3 is 4.57 Å². The number of benzene rings is 1. The van der Waals surface area contributed by atoms with E-state index in [0.717, 1.165) is 36.6 Å². The van der Waals surface area contributed by atoms with Crippen molar-refractivity contribution in [1.82, 2.24) is 23.2 Å². The van der Waals surface area contributed by atoms with Crippen LogP contribution in [0.5, 0.6) is 0 Å². The molecule has 1 aliphatic carbocycles. The Labute approximate surface area is 192 Å². The molecule has 11 heteroatoms. The van der Waals surface area contributed by atoms with Gasteiger partial charge in [0, 0.05) is 17.6 Å². The van der Waals surface area contributed by atoms with Crippen molar-refractivity contribution < 1.29 is 16.8 Å². The molecule has 0 aliphatic heterocycles. The highest BCUT2D eigenvalue weighted by Gasteiger charge is 2.28. The molecule has 9 nitrogen and oxygen atoms in total. The lowest BCUT2D eigenvalue weighted by Gasteiger charge is -2.29. The maximum absolute atomic E-state index is 13.2. The van der Waals surface area contributed by atoms with Gasteiger partial charge >= 0.3 is 0 Å². The molecule has 1 aromatic carbocycles. The standard InChI is InChI=1S/C22H25N5O4S2/c1-23-32(28,29)14-16-7-9-17(10-8-16)26-15-25-20-13-24-22-19(21(20)26)11-12-27(22)33(30,31)18-5-3-2-4-6-18/h2-6,11-13,15-17,23H,7-10,14H2,1H3. The SMILES string of the molecule is CNS(=O)(=O)CC1CCC(n2cnc3cnc4c(ccn4S(=O)(=O)c4ccccc4)c32)CC1. The molecule has 0 spiro atoms. The summed E-state index contributed by atoms with van der Waals surface area (Å²) in [5.41, 5.74) is 1.92. The molecule has 1 fully saturated rings. The average Bonchev–Trinajstić information content (AvgIpc) is 3.44. The summed E-state index contributed by atoms with van der Waals surface area (Å²) in [7, 11) is -5.56. The van der Waals surface area contributed by atoms with Crippen molar-refractivity contribution >= 4 is 42.1 Å². The molecule has 33 heavy (non-hydrogen) atoms. The molecule has 4 aromatic rings. The second-order valence-electron chi connectivity index (χ2n) is 8.47. The monoisotopic (exact) mass is 487 g/mol. The maximum Gasteiger partial charge on any atom is 0.269 e. The van der Waals surface area contributed by atoms with Gasteiger partial charge in [-0.25, -0.2) is 35.5 Å². The molecule has 1 N–H and O–H groups in total. The number of hydrogen-bond acceptors (Lipinski definition) is 6. The highest BCUT2D eigenvalue weighted by molar-refractivity contribution is 7.90. The number of rotatable bonds is 6. The van der Waals surface area contributed by atoms with Gasteiger partial charge in [-0.15, -0.1) is 0 Å². The molecule has 0 amide bonds. The van der Waals surface area contributed by atoms with Crippen LogP contribution in [0.3, 0.4) is 0 Å². The average molecular weight is 488 g/mol. The van der Waals surface area contributed by atoms with E-state index in [4.69, 9.17) is 0 Å². The molecular weight excluding hydrogens is 462 g/mol. The van der Waals surface area contributed by atoms with E-state index in [0.29, 0.717) is 11.2 Å². The van der Waals surface area contributed by atoms with Crippen molar-refractivity contribution in [2.45, 2.75) is 36.6 Å². The number of hydrogen-bond donors (Lipinski definition) is 1. The third-order valence-corrected chi connectivity index (χ3v) is 9.70. The fourth-order valence-electron chi connectivity index (χ4n) is 4.75.